The Bertz CT molecular complexity index is 1110. The summed E-state index contributed by atoms with van der Waals surface area (Å²) in [5.74, 6) is 0. The molecule has 0 saturated heterocycles. The molecule has 1 atom stereocenters. The van der Waals surface area contributed by atoms with Crippen molar-refractivity contribution in [2.45, 2.75) is 19.3 Å². The van der Waals surface area contributed by atoms with Gasteiger partial charge in [0.1, 0.15) is 4.83 Å². The van der Waals surface area contributed by atoms with E-state index in [4.69, 9.17) is 4.74 Å². The largest absolute Gasteiger partial charge is 0.389 e. The van der Waals surface area contributed by atoms with Crippen LogP contribution >= 0.6 is 11.3 Å². The Morgan fingerprint density at radius 1 is 1.07 bits per heavy atom. The average molecular weight is 392 g/mol. The summed E-state index contributed by atoms with van der Waals surface area (Å²) in [6, 6.07) is 21.6. The van der Waals surface area contributed by atoms with Crippen molar-refractivity contribution in [3.8, 4) is 10.4 Å². The molecule has 4 aromatic rings. The van der Waals surface area contributed by atoms with Gasteiger partial charge in [0, 0.05) is 4.88 Å². The summed E-state index contributed by atoms with van der Waals surface area (Å²) in [5, 5.41) is 10.8. The lowest BCUT2D eigenvalue weighted by atomic mass is 10.2. The highest BCUT2D eigenvalue weighted by molar-refractivity contribution is 7.21. The lowest BCUT2D eigenvalue weighted by Crippen LogP contribution is -2.29. The molecule has 4 rings (SSSR count). The zero-order chi connectivity index (χ0) is 19.3. The normalized spacial score (nSPS) is 12.3. The predicted octanol–water partition coefficient (Wildman–Crippen LogP) is 3.70. The number of fused-ring (bicyclic) bond motifs is 1. The van der Waals surface area contributed by atoms with Crippen molar-refractivity contribution in [2.75, 3.05) is 6.61 Å². The van der Waals surface area contributed by atoms with Crippen LogP contribution in [0.3, 0.4) is 0 Å². The number of aliphatic hydroxyl groups is 1. The van der Waals surface area contributed by atoms with Crippen LogP contribution in [0.15, 0.2) is 77.9 Å². The molecule has 2 heterocycles. The molecule has 0 fully saturated rings. The quantitative estimate of drug-likeness (QED) is 0.521. The molecule has 0 saturated carbocycles. The third-order valence-electron chi connectivity index (χ3n) is 4.41. The third kappa shape index (κ3) is 4.20. The molecule has 5 nitrogen and oxygen atoms in total. The second kappa shape index (κ2) is 8.48. The van der Waals surface area contributed by atoms with Crippen molar-refractivity contribution in [1.82, 2.24) is 9.55 Å². The minimum Gasteiger partial charge on any atom is -0.389 e. The maximum atomic E-state index is 12.8. The van der Waals surface area contributed by atoms with Gasteiger partial charge < -0.3 is 9.84 Å². The minimum atomic E-state index is -0.784. The van der Waals surface area contributed by atoms with Crippen LogP contribution in [0.4, 0.5) is 0 Å². The number of aliphatic hydroxyl groups excluding tert-OH is 1. The smallest absolute Gasteiger partial charge is 0.262 e. The predicted molar refractivity (Wildman–Crippen MR) is 111 cm³/mol. The maximum absolute atomic E-state index is 12.8. The van der Waals surface area contributed by atoms with Gasteiger partial charge in [0.25, 0.3) is 5.56 Å². The second-order valence-electron chi connectivity index (χ2n) is 6.55. The van der Waals surface area contributed by atoms with Crippen LogP contribution in [0.5, 0.6) is 0 Å². The minimum absolute atomic E-state index is 0.146. The summed E-state index contributed by atoms with van der Waals surface area (Å²) in [7, 11) is 0. The fraction of sp³-hybridized carbons (Fsp3) is 0.182. The zero-order valence-corrected chi connectivity index (χ0v) is 16.0. The van der Waals surface area contributed by atoms with E-state index < -0.39 is 6.10 Å². The standard InChI is InChI=1S/C22H20N2O3S/c25-18(14-27-13-16-7-3-1-4-8-16)12-24-15-23-21-19(22(24)26)11-20(28-21)17-9-5-2-6-10-17/h1-11,15,18,25H,12-14H2/t18-/m1/s1. The highest BCUT2D eigenvalue weighted by Crippen LogP contribution is 2.30. The van der Waals surface area contributed by atoms with Gasteiger partial charge in [-0.25, -0.2) is 4.98 Å². The van der Waals surface area contributed by atoms with Gasteiger partial charge in [-0.2, -0.15) is 0 Å². The summed E-state index contributed by atoms with van der Waals surface area (Å²) < 4.78 is 7.00. The van der Waals surface area contributed by atoms with Crippen molar-refractivity contribution in [3.63, 3.8) is 0 Å². The second-order valence-corrected chi connectivity index (χ2v) is 7.58. The van der Waals surface area contributed by atoms with E-state index in [1.165, 1.54) is 22.2 Å². The molecule has 28 heavy (non-hydrogen) atoms. The Morgan fingerprint density at radius 3 is 2.54 bits per heavy atom. The molecule has 0 unspecified atom stereocenters. The van der Waals surface area contributed by atoms with Crippen molar-refractivity contribution in [1.29, 1.82) is 0 Å². The van der Waals surface area contributed by atoms with E-state index in [0.29, 0.717) is 16.8 Å². The Labute approximate surface area is 166 Å². The fourth-order valence-electron chi connectivity index (χ4n) is 3.00. The highest BCUT2D eigenvalue weighted by atomic mass is 32.1. The Hall–Kier alpha value is -2.80. The topological polar surface area (TPSA) is 64.4 Å². The Morgan fingerprint density at radius 2 is 1.79 bits per heavy atom. The van der Waals surface area contributed by atoms with Crippen LogP contribution in [-0.2, 0) is 17.9 Å². The number of thiophene rings is 1. The molecule has 0 spiro atoms. The van der Waals surface area contributed by atoms with Crippen LogP contribution in [0, 0.1) is 0 Å². The van der Waals surface area contributed by atoms with Gasteiger partial charge >= 0.3 is 0 Å². The SMILES string of the molecule is O=c1c2cc(-c3ccccc3)sc2ncn1C[C@@H](O)COCc1ccccc1. The lowest BCUT2D eigenvalue weighted by Gasteiger charge is -2.13. The Kier molecular flexibility index (Phi) is 5.62. The fourth-order valence-corrected chi connectivity index (χ4v) is 4.00. The third-order valence-corrected chi connectivity index (χ3v) is 5.50. The van der Waals surface area contributed by atoms with Gasteiger partial charge in [0.2, 0.25) is 0 Å². The zero-order valence-electron chi connectivity index (χ0n) is 15.2. The molecule has 2 aromatic heterocycles. The summed E-state index contributed by atoms with van der Waals surface area (Å²) in [6.45, 7) is 0.723. The molecule has 0 bridgehead atoms. The number of benzene rings is 2. The van der Waals surface area contributed by atoms with Crippen LogP contribution in [0.25, 0.3) is 20.7 Å². The first-order valence-corrected chi connectivity index (χ1v) is 9.86. The molecular formula is C22H20N2O3S. The van der Waals surface area contributed by atoms with Crippen molar-refractivity contribution >= 4 is 21.6 Å². The first kappa shape index (κ1) is 18.6. The van der Waals surface area contributed by atoms with E-state index in [0.717, 1.165) is 16.0 Å². The summed E-state index contributed by atoms with van der Waals surface area (Å²) >= 11 is 1.49. The molecule has 2 aromatic carbocycles. The molecule has 0 aliphatic carbocycles. The van der Waals surface area contributed by atoms with Crippen LogP contribution in [-0.4, -0.2) is 27.4 Å². The molecular weight excluding hydrogens is 372 g/mol. The number of ether oxygens (including phenoxy) is 1. The van der Waals surface area contributed by atoms with E-state index in [2.05, 4.69) is 4.98 Å². The first-order valence-electron chi connectivity index (χ1n) is 9.05. The number of hydrogen-bond acceptors (Lipinski definition) is 5. The van der Waals surface area contributed by atoms with Crippen LogP contribution in [0.1, 0.15) is 5.56 Å². The summed E-state index contributed by atoms with van der Waals surface area (Å²) in [5.41, 5.74) is 1.96. The van der Waals surface area contributed by atoms with E-state index in [1.807, 2.05) is 66.7 Å². The van der Waals surface area contributed by atoms with Gasteiger partial charge in [-0.3, -0.25) is 9.36 Å². The maximum Gasteiger partial charge on any atom is 0.262 e. The number of aromatic nitrogens is 2. The van der Waals surface area contributed by atoms with Gasteiger partial charge in [-0.15, -0.1) is 11.3 Å². The van der Waals surface area contributed by atoms with Gasteiger partial charge in [-0.05, 0) is 17.2 Å². The van der Waals surface area contributed by atoms with Crippen LogP contribution < -0.4 is 5.56 Å². The summed E-state index contributed by atoms with van der Waals surface area (Å²) in [4.78, 5) is 18.9. The van der Waals surface area contributed by atoms with E-state index >= 15 is 0 Å². The van der Waals surface area contributed by atoms with E-state index in [-0.39, 0.29) is 18.7 Å². The molecule has 0 radical (unpaired) electrons. The molecule has 0 aliphatic rings. The summed E-state index contributed by atoms with van der Waals surface area (Å²) in [6.07, 6.45) is 0.712. The van der Waals surface area contributed by atoms with Crippen molar-refractivity contribution in [2.24, 2.45) is 0 Å². The molecule has 142 valence electrons. The van der Waals surface area contributed by atoms with Gasteiger partial charge in [0.05, 0.1) is 37.6 Å². The van der Waals surface area contributed by atoms with Gasteiger partial charge in [0.15, 0.2) is 0 Å². The Balaban J connectivity index is 1.45. The average Bonchev–Trinajstić information content (AvgIpc) is 3.17. The molecule has 6 heteroatoms. The lowest BCUT2D eigenvalue weighted by molar-refractivity contribution is 0.0198. The number of nitrogens with zero attached hydrogens (tertiary/aromatic N) is 2. The monoisotopic (exact) mass is 392 g/mol. The first-order chi connectivity index (χ1) is 13.7. The van der Waals surface area contributed by atoms with Crippen molar-refractivity contribution in [3.05, 3.63) is 89.0 Å². The van der Waals surface area contributed by atoms with Crippen molar-refractivity contribution < 1.29 is 9.84 Å². The molecule has 0 aliphatic heterocycles. The molecule has 1 N–H and O–H groups in total. The van der Waals surface area contributed by atoms with E-state index in [9.17, 15) is 9.90 Å². The van der Waals surface area contributed by atoms with Crippen LogP contribution in [0.2, 0.25) is 0 Å². The number of hydrogen-bond donors (Lipinski definition) is 1. The highest BCUT2D eigenvalue weighted by Gasteiger charge is 2.13. The van der Waals surface area contributed by atoms with Gasteiger partial charge in [-0.1, -0.05) is 60.7 Å². The number of rotatable bonds is 7. The molecule has 0 amide bonds. The van der Waals surface area contributed by atoms with E-state index in [1.54, 1.807) is 0 Å².